The lowest BCUT2D eigenvalue weighted by Crippen LogP contribution is -2.35. The molecule has 0 aliphatic heterocycles. The lowest BCUT2D eigenvalue weighted by atomic mass is 9.79. The van der Waals surface area contributed by atoms with E-state index in [1.165, 1.54) is 0 Å². The van der Waals surface area contributed by atoms with Gasteiger partial charge < -0.3 is 14.2 Å². The highest BCUT2D eigenvalue weighted by atomic mass is 16.6. The Morgan fingerprint density at radius 1 is 0.850 bits per heavy atom. The van der Waals surface area contributed by atoms with Crippen LogP contribution in [-0.4, -0.2) is 37.7 Å². The Morgan fingerprint density at radius 3 is 1.85 bits per heavy atom. The molecule has 1 aliphatic rings. The van der Waals surface area contributed by atoms with Gasteiger partial charge in [-0.3, -0.25) is 9.59 Å². The molecule has 0 radical (unpaired) electrons. The molecule has 0 amide bonds. The van der Waals surface area contributed by atoms with Gasteiger partial charge >= 0.3 is 17.9 Å². The summed E-state index contributed by atoms with van der Waals surface area (Å²) < 4.78 is 14.6. The molecule has 1 fully saturated rings. The molecule has 0 aromatic carbocycles. The minimum atomic E-state index is -0.579. The highest BCUT2D eigenvalue weighted by molar-refractivity contribution is 5.83. The summed E-state index contributed by atoms with van der Waals surface area (Å²) in [5, 5.41) is 0. The monoisotopic (exact) mass is 286 g/mol. The minimum Gasteiger partial charge on any atom is -0.466 e. The predicted molar refractivity (Wildman–Crippen MR) is 69.7 cm³/mol. The van der Waals surface area contributed by atoms with E-state index in [2.05, 4.69) is 4.74 Å². The summed E-state index contributed by atoms with van der Waals surface area (Å²) in [5.41, 5.74) is 0. The van der Waals surface area contributed by atoms with E-state index in [1.54, 1.807) is 13.8 Å². The third kappa shape index (κ3) is 4.83. The molecule has 0 N–H and O–H groups in total. The normalized spacial score (nSPS) is 21.9. The number of carbonyl (C=O) groups excluding carboxylic acids is 3. The van der Waals surface area contributed by atoms with E-state index in [4.69, 9.17) is 9.47 Å². The molecule has 0 heterocycles. The van der Waals surface area contributed by atoms with Crippen LogP contribution in [0.15, 0.2) is 0 Å². The van der Waals surface area contributed by atoms with Gasteiger partial charge in [-0.1, -0.05) is 12.8 Å². The number of hydrogen-bond acceptors (Lipinski definition) is 6. The van der Waals surface area contributed by atoms with Gasteiger partial charge in [0.15, 0.2) is 6.61 Å². The van der Waals surface area contributed by atoms with Crippen molar-refractivity contribution in [3.8, 4) is 0 Å². The second kappa shape index (κ2) is 8.55. The van der Waals surface area contributed by atoms with Gasteiger partial charge in [0.25, 0.3) is 0 Å². The van der Waals surface area contributed by atoms with Crippen LogP contribution >= 0.6 is 0 Å². The van der Waals surface area contributed by atoms with Crippen molar-refractivity contribution in [3.05, 3.63) is 0 Å². The van der Waals surface area contributed by atoms with Gasteiger partial charge in [-0.25, -0.2) is 4.79 Å². The Hall–Kier alpha value is -1.59. The number of esters is 3. The molecule has 6 heteroatoms. The molecule has 0 spiro atoms. The van der Waals surface area contributed by atoms with Gasteiger partial charge in [0, 0.05) is 0 Å². The quantitative estimate of drug-likeness (QED) is 0.543. The summed E-state index contributed by atoms with van der Waals surface area (Å²) in [4.78, 5) is 35.0. The van der Waals surface area contributed by atoms with Crippen LogP contribution in [0, 0.1) is 11.8 Å². The van der Waals surface area contributed by atoms with Crippen molar-refractivity contribution in [1.29, 1.82) is 0 Å². The molecule has 2 unspecified atom stereocenters. The topological polar surface area (TPSA) is 78.9 Å². The summed E-state index contributed by atoms with van der Waals surface area (Å²) in [6.07, 6.45) is 2.98. The highest BCUT2D eigenvalue weighted by Crippen LogP contribution is 2.32. The highest BCUT2D eigenvalue weighted by Gasteiger charge is 2.37. The maximum Gasteiger partial charge on any atom is 0.344 e. The second-order valence-corrected chi connectivity index (χ2v) is 4.66. The smallest absolute Gasteiger partial charge is 0.344 e. The Labute approximate surface area is 118 Å². The first kappa shape index (κ1) is 16.5. The molecule has 0 aromatic rings. The number of rotatable bonds is 6. The fraction of sp³-hybridized carbons (Fsp3) is 0.786. The summed E-state index contributed by atoms with van der Waals surface area (Å²) in [7, 11) is 0. The average Bonchev–Trinajstić information content (AvgIpc) is 2.45. The van der Waals surface area contributed by atoms with Crippen molar-refractivity contribution in [2.24, 2.45) is 11.8 Å². The van der Waals surface area contributed by atoms with Gasteiger partial charge in [-0.05, 0) is 26.7 Å². The number of carbonyl (C=O) groups is 3. The van der Waals surface area contributed by atoms with Crippen LogP contribution in [0.5, 0.6) is 0 Å². The summed E-state index contributed by atoms with van der Waals surface area (Å²) in [6.45, 7) is 3.54. The standard InChI is InChI=1S/C14H22O6/c1-3-18-12(15)9-20-14(17)11-8-6-5-7-10(11)13(16)19-4-2/h10-11H,3-9H2,1-2H3. The van der Waals surface area contributed by atoms with Gasteiger partial charge in [-0.2, -0.15) is 0 Å². The lowest BCUT2D eigenvalue weighted by Gasteiger charge is -2.27. The van der Waals surface area contributed by atoms with Crippen molar-refractivity contribution in [1.82, 2.24) is 0 Å². The van der Waals surface area contributed by atoms with Gasteiger partial charge in [0.1, 0.15) is 0 Å². The van der Waals surface area contributed by atoms with Crippen molar-refractivity contribution >= 4 is 17.9 Å². The van der Waals surface area contributed by atoms with Crippen LogP contribution in [0.3, 0.4) is 0 Å². The van der Waals surface area contributed by atoms with E-state index < -0.39 is 30.4 Å². The Morgan fingerprint density at radius 2 is 1.35 bits per heavy atom. The molecule has 6 nitrogen and oxygen atoms in total. The van der Waals surface area contributed by atoms with Crippen LogP contribution in [0.1, 0.15) is 39.5 Å². The molecule has 114 valence electrons. The third-order valence-electron chi connectivity index (χ3n) is 3.30. The van der Waals surface area contributed by atoms with Crippen LogP contribution in [0.25, 0.3) is 0 Å². The summed E-state index contributed by atoms with van der Waals surface area (Å²) >= 11 is 0. The van der Waals surface area contributed by atoms with Crippen molar-refractivity contribution in [2.45, 2.75) is 39.5 Å². The summed E-state index contributed by atoms with van der Waals surface area (Å²) in [5.74, 6) is -2.43. The zero-order valence-electron chi connectivity index (χ0n) is 12.1. The van der Waals surface area contributed by atoms with E-state index in [9.17, 15) is 14.4 Å². The maximum absolute atomic E-state index is 12.0. The first-order valence-electron chi connectivity index (χ1n) is 7.09. The molecule has 1 saturated carbocycles. The Kier molecular flexibility index (Phi) is 7.04. The molecular formula is C14H22O6. The molecule has 0 bridgehead atoms. The molecule has 20 heavy (non-hydrogen) atoms. The Balaban J connectivity index is 2.54. The van der Waals surface area contributed by atoms with Crippen LogP contribution < -0.4 is 0 Å². The van der Waals surface area contributed by atoms with Gasteiger partial charge in [0.2, 0.25) is 0 Å². The zero-order valence-corrected chi connectivity index (χ0v) is 12.1. The summed E-state index contributed by atoms with van der Waals surface area (Å²) in [6, 6.07) is 0. The van der Waals surface area contributed by atoms with E-state index >= 15 is 0 Å². The predicted octanol–water partition coefficient (Wildman–Crippen LogP) is 1.46. The number of hydrogen-bond donors (Lipinski definition) is 0. The SMILES string of the molecule is CCOC(=O)COC(=O)C1CCCCC1C(=O)OCC. The first-order valence-corrected chi connectivity index (χ1v) is 7.09. The van der Waals surface area contributed by atoms with Gasteiger partial charge in [-0.15, -0.1) is 0 Å². The molecular weight excluding hydrogens is 264 g/mol. The second-order valence-electron chi connectivity index (χ2n) is 4.66. The van der Waals surface area contributed by atoms with E-state index in [-0.39, 0.29) is 12.6 Å². The molecule has 0 aromatic heterocycles. The molecule has 0 saturated heterocycles. The fourth-order valence-electron chi connectivity index (χ4n) is 2.38. The lowest BCUT2D eigenvalue weighted by molar-refractivity contribution is -0.167. The average molecular weight is 286 g/mol. The van der Waals surface area contributed by atoms with E-state index in [0.717, 1.165) is 12.8 Å². The van der Waals surface area contributed by atoms with Crippen molar-refractivity contribution in [2.75, 3.05) is 19.8 Å². The van der Waals surface area contributed by atoms with Crippen LogP contribution in [-0.2, 0) is 28.6 Å². The van der Waals surface area contributed by atoms with Gasteiger partial charge in [0.05, 0.1) is 25.0 Å². The molecule has 1 aliphatic carbocycles. The first-order chi connectivity index (χ1) is 9.60. The largest absolute Gasteiger partial charge is 0.466 e. The van der Waals surface area contributed by atoms with E-state index in [1.807, 2.05) is 0 Å². The van der Waals surface area contributed by atoms with Crippen molar-refractivity contribution in [3.63, 3.8) is 0 Å². The zero-order chi connectivity index (χ0) is 15.0. The Bertz CT molecular complexity index is 352. The molecule has 2 atom stereocenters. The fourth-order valence-corrected chi connectivity index (χ4v) is 2.38. The third-order valence-corrected chi connectivity index (χ3v) is 3.30. The van der Waals surface area contributed by atoms with E-state index in [0.29, 0.717) is 19.4 Å². The maximum atomic E-state index is 12.0. The minimum absolute atomic E-state index is 0.241. The van der Waals surface area contributed by atoms with Crippen LogP contribution in [0.2, 0.25) is 0 Å². The van der Waals surface area contributed by atoms with Crippen molar-refractivity contribution < 1.29 is 28.6 Å². The molecule has 1 rings (SSSR count). The number of ether oxygens (including phenoxy) is 3. The van der Waals surface area contributed by atoms with Crippen LogP contribution in [0.4, 0.5) is 0 Å².